The number of carbonyl (C=O) groups is 1. The van der Waals surface area contributed by atoms with Gasteiger partial charge in [-0.2, -0.15) is 0 Å². The van der Waals surface area contributed by atoms with E-state index in [-0.39, 0.29) is 0 Å². The van der Waals surface area contributed by atoms with Gasteiger partial charge in [-0.05, 0) is 18.4 Å². The molecule has 1 heterocycles. The van der Waals surface area contributed by atoms with Crippen molar-refractivity contribution in [1.29, 1.82) is 0 Å². The zero-order chi connectivity index (χ0) is 12.7. The van der Waals surface area contributed by atoms with E-state index in [0.717, 1.165) is 10.8 Å². The van der Waals surface area contributed by atoms with Gasteiger partial charge in [-0.1, -0.05) is 30.3 Å². The Morgan fingerprint density at radius 1 is 1.22 bits per heavy atom. The molecule has 0 aliphatic carbocycles. The molecule has 0 saturated heterocycles. The van der Waals surface area contributed by atoms with E-state index in [1.165, 1.54) is 0 Å². The van der Waals surface area contributed by atoms with Crippen LogP contribution < -0.4 is 10.1 Å². The van der Waals surface area contributed by atoms with Gasteiger partial charge in [0, 0.05) is 5.39 Å². The van der Waals surface area contributed by atoms with E-state index in [2.05, 4.69) is 5.32 Å². The number of rotatable bonds is 0. The Morgan fingerprint density at radius 2 is 2.00 bits per heavy atom. The summed E-state index contributed by atoms with van der Waals surface area (Å²) in [4.78, 5) is 11.8. The van der Waals surface area contributed by atoms with Crippen LogP contribution in [0.25, 0.3) is 10.8 Å². The lowest BCUT2D eigenvalue weighted by Crippen LogP contribution is -2.37. The van der Waals surface area contributed by atoms with Crippen LogP contribution in [0.5, 0.6) is 5.75 Å². The smallest absolute Gasteiger partial charge is 0.257 e. The van der Waals surface area contributed by atoms with E-state index in [4.69, 9.17) is 4.74 Å². The number of benzene rings is 2. The zero-order valence-electron chi connectivity index (χ0n) is 9.88. The van der Waals surface area contributed by atoms with Crippen molar-refractivity contribution in [3.8, 4) is 5.75 Å². The molecule has 2 aromatic carbocycles. The predicted octanol–water partition coefficient (Wildman–Crippen LogP) is 1.92. The van der Waals surface area contributed by atoms with Crippen LogP contribution in [0.4, 0.5) is 5.69 Å². The summed E-state index contributed by atoms with van der Waals surface area (Å²) in [5.41, 5.74) is 0.626. The van der Waals surface area contributed by atoms with Gasteiger partial charge in [0.05, 0.1) is 5.69 Å². The molecule has 0 saturated carbocycles. The largest absolute Gasteiger partial charge is 0.485 e. The first-order valence-electron chi connectivity index (χ1n) is 5.84. The Labute approximate surface area is 104 Å². The quantitative estimate of drug-likeness (QED) is 0.743. The van der Waals surface area contributed by atoms with Gasteiger partial charge in [-0.3, -0.25) is 4.79 Å². The van der Waals surface area contributed by atoms with Crippen molar-refractivity contribution in [3.05, 3.63) is 36.4 Å². The molecule has 0 aromatic heterocycles. The molecular weight excluding hydrogens is 230 g/mol. The average molecular weight is 243 g/mol. The van der Waals surface area contributed by atoms with Crippen LogP contribution in [0.1, 0.15) is 6.92 Å². The van der Waals surface area contributed by atoms with Crippen molar-refractivity contribution in [3.63, 3.8) is 0 Å². The van der Waals surface area contributed by atoms with Gasteiger partial charge in [-0.25, -0.2) is 0 Å². The number of fused-ring (bicyclic) bond motifs is 3. The minimum absolute atomic E-state index is 0.433. The maximum atomic E-state index is 11.8. The number of aliphatic hydroxyl groups excluding tert-OH is 1. The standard InChI is InChI=1S/C14H13NO3/c1-8-13(16)14(17)15-12-10-5-3-2-4-9(10)6-7-11(12)18-8/h2-8,13,16H,1H3,(H,15,17)/t8-,13+/m0/s1. The zero-order valence-corrected chi connectivity index (χ0v) is 9.88. The lowest BCUT2D eigenvalue weighted by molar-refractivity contribution is -0.127. The molecule has 0 fully saturated rings. The molecule has 0 spiro atoms. The number of hydrogen-bond acceptors (Lipinski definition) is 3. The molecule has 3 rings (SSSR count). The summed E-state index contributed by atoms with van der Waals surface area (Å²) in [7, 11) is 0. The van der Waals surface area contributed by atoms with Crippen molar-refractivity contribution < 1.29 is 14.6 Å². The summed E-state index contributed by atoms with van der Waals surface area (Å²) in [5, 5.41) is 14.4. The van der Waals surface area contributed by atoms with E-state index in [0.29, 0.717) is 11.4 Å². The monoisotopic (exact) mass is 243 g/mol. The molecule has 0 bridgehead atoms. The molecule has 2 aromatic rings. The molecule has 92 valence electrons. The van der Waals surface area contributed by atoms with Crippen LogP contribution in [0.3, 0.4) is 0 Å². The molecule has 4 heteroatoms. The second-order valence-corrected chi connectivity index (χ2v) is 4.42. The lowest BCUT2D eigenvalue weighted by atomic mass is 10.1. The van der Waals surface area contributed by atoms with Gasteiger partial charge in [0.1, 0.15) is 11.9 Å². The topological polar surface area (TPSA) is 58.6 Å². The van der Waals surface area contributed by atoms with E-state index >= 15 is 0 Å². The molecule has 1 amide bonds. The van der Waals surface area contributed by atoms with Crippen molar-refractivity contribution >= 4 is 22.4 Å². The fraction of sp³-hybridized carbons (Fsp3) is 0.214. The highest BCUT2D eigenvalue weighted by molar-refractivity contribution is 6.06. The summed E-state index contributed by atoms with van der Waals surface area (Å²) in [6.45, 7) is 1.68. The normalized spacial score (nSPS) is 22.9. The van der Waals surface area contributed by atoms with Crippen LogP contribution >= 0.6 is 0 Å². The minimum atomic E-state index is -1.16. The third-order valence-corrected chi connectivity index (χ3v) is 3.17. The molecule has 2 atom stereocenters. The third-order valence-electron chi connectivity index (χ3n) is 3.17. The molecule has 1 aliphatic rings. The van der Waals surface area contributed by atoms with Crippen LogP contribution in [-0.2, 0) is 4.79 Å². The number of nitrogens with one attached hydrogen (secondary N) is 1. The van der Waals surface area contributed by atoms with Gasteiger partial charge in [0.25, 0.3) is 5.91 Å². The average Bonchev–Trinajstić information content (AvgIpc) is 2.49. The molecule has 0 radical (unpaired) electrons. The summed E-state index contributed by atoms with van der Waals surface area (Å²) in [5.74, 6) is 0.156. The van der Waals surface area contributed by atoms with E-state index < -0.39 is 18.1 Å². The van der Waals surface area contributed by atoms with Gasteiger partial charge in [0.2, 0.25) is 0 Å². The molecule has 1 aliphatic heterocycles. The summed E-state index contributed by atoms with van der Waals surface area (Å²) in [6, 6.07) is 11.5. The Kier molecular flexibility index (Phi) is 2.45. The maximum absolute atomic E-state index is 11.8. The maximum Gasteiger partial charge on any atom is 0.257 e. The lowest BCUT2D eigenvalue weighted by Gasteiger charge is -2.15. The number of anilines is 1. The third kappa shape index (κ3) is 1.62. The van der Waals surface area contributed by atoms with Gasteiger partial charge in [-0.15, -0.1) is 0 Å². The van der Waals surface area contributed by atoms with Gasteiger partial charge >= 0.3 is 0 Å². The first-order valence-corrected chi connectivity index (χ1v) is 5.84. The van der Waals surface area contributed by atoms with Crippen LogP contribution in [0, 0.1) is 0 Å². The number of carbonyl (C=O) groups excluding carboxylic acids is 1. The minimum Gasteiger partial charge on any atom is -0.485 e. The Bertz CT molecular complexity index is 623. The highest BCUT2D eigenvalue weighted by Crippen LogP contribution is 2.35. The van der Waals surface area contributed by atoms with Crippen LogP contribution in [-0.4, -0.2) is 23.2 Å². The van der Waals surface area contributed by atoms with Crippen molar-refractivity contribution in [2.45, 2.75) is 19.1 Å². The molecular formula is C14H13NO3. The SMILES string of the molecule is C[C@@H]1Oc2ccc3ccccc3c2NC(=O)[C@@H]1O. The van der Waals surface area contributed by atoms with Crippen LogP contribution in [0.15, 0.2) is 36.4 Å². The fourth-order valence-electron chi connectivity index (χ4n) is 2.15. The Morgan fingerprint density at radius 3 is 2.83 bits per heavy atom. The van der Waals surface area contributed by atoms with Crippen LogP contribution in [0.2, 0.25) is 0 Å². The molecule has 18 heavy (non-hydrogen) atoms. The number of amides is 1. The van der Waals surface area contributed by atoms with Crippen molar-refractivity contribution in [2.24, 2.45) is 0 Å². The number of aliphatic hydroxyl groups is 1. The second-order valence-electron chi connectivity index (χ2n) is 4.42. The Balaban J connectivity index is 2.22. The van der Waals surface area contributed by atoms with Gasteiger partial charge < -0.3 is 15.2 Å². The highest BCUT2D eigenvalue weighted by atomic mass is 16.5. The van der Waals surface area contributed by atoms with E-state index in [9.17, 15) is 9.90 Å². The summed E-state index contributed by atoms with van der Waals surface area (Å²) < 4.78 is 5.61. The predicted molar refractivity (Wildman–Crippen MR) is 68.7 cm³/mol. The second kappa shape index (κ2) is 3.99. The molecule has 2 N–H and O–H groups in total. The van der Waals surface area contributed by atoms with Crippen molar-refractivity contribution in [1.82, 2.24) is 0 Å². The fourth-order valence-corrected chi connectivity index (χ4v) is 2.15. The van der Waals surface area contributed by atoms with Gasteiger partial charge in [0.15, 0.2) is 6.10 Å². The number of ether oxygens (including phenoxy) is 1. The molecule has 0 unspecified atom stereocenters. The first-order chi connectivity index (χ1) is 8.66. The Hall–Kier alpha value is -2.07. The number of hydrogen-bond donors (Lipinski definition) is 2. The summed E-state index contributed by atoms with van der Waals surface area (Å²) in [6.07, 6.45) is -1.72. The highest BCUT2D eigenvalue weighted by Gasteiger charge is 2.29. The van der Waals surface area contributed by atoms with E-state index in [1.807, 2.05) is 36.4 Å². The summed E-state index contributed by atoms with van der Waals surface area (Å²) >= 11 is 0. The molecule has 4 nitrogen and oxygen atoms in total. The van der Waals surface area contributed by atoms with E-state index in [1.54, 1.807) is 6.92 Å². The first kappa shape index (κ1) is 11.0. The van der Waals surface area contributed by atoms with Crippen molar-refractivity contribution in [2.75, 3.05) is 5.32 Å².